The van der Waals surface area contributed by atoms with Crippen molar-refractivity contribution in [2.45, 2.75) is 0 Å². The zero-order chi connectivity index (χ0) is 39.6. The maximum atomic E-state index is 6.46. The lowest BCUT2D eigenvalue weighted by Gasteiger charge is -2.11. The van der Waals surface area contributed by atoms with Gasteiger partial charge in [0.15, 0.2) is 23.1 Å². The number of pyridine rings is 1. The van der Waals surface area contributed by atoms with E-state index >= 15 is 0 Å². The van der Waals surface area contributed by atoms with Crippen LogP contribution in [0.15, 0.2) is 199 Å². The minimum absolute atomic E-state index is 0.615. The molecule has 0 aliphatic carbocycles. The highest BCUT2D eigenvalue weighted by molar-refractivity contribution is 7.26. The predicted octanol–water partition coefficient (Wildman–Crippen LogP) is 14.7. The minimum Gasteiger partial charge on any atom is -0.454 e. The van der Waals surface area contributed by atoms with Gasteiger partial charge < -0.3 is 4.42 Å². The number of hydrogen-bond acceptors (Lipinski definition) is 6. The smallest absolute Gasteiger partial charge is 0.164 e. The molecule has 5 nitrogen and oxygen atoms in total. The normalized spacial score (nSPS) is 11.7. The second-order valence-corrected chi connectivity index (χ2v) is 16.0. The standard InChI is InChI=1S/C54H32N4OS/c1-3-13-34(14-4-1)49-50-48(44-20-7-9-23-46(44)59-50)43-30-29-37(32-45(43)55-49)33-25-27-36(28-26-33)53-56-52(35-15-5-2-6-16-35)57-54(58-53)39-18-11-17-38(31-39)40-21-12-22-42-41-19-8-10-24-47(41)60-51(40)42/h1-32H. The zero-order valence-electron chi connectivity index (χ0n) is 32.1. The van der Waals surface area contributed by atoms with Crippen molar-refractivity contribution in [3.8, 4) is 67.7 Å². The number of furan rings is 1. The molecule has 280 valence electrons. The Bertz CT molecular complexity index is 3600. The molecule has 0 aliphatic heterocycles. The molecular weight excluding hydrogens is 753 g/mol. The van der Waals surface area contributed by atoms with Crippen molar-refractivity contribution in [2.24, 2.45) is 0 Å². The number of benzene rings is 8. The summed E-state index contributed by atoms with van der Waals surface area (Å²) in [5.41, 5.74) is 11.7. The molecule has 12 rings (SSSR count). The fraction of sp³-hybridized carbons (Fsp3) is 0. The SMILES string of the molecule is c1ccc(-c2nc(-c3ccc(-c4ccc5c(c4)nc(-c4ccccc4)c4oc6ccccc6c45)cc3)nc(-c3cccc(-c4cccc5c4sc4ccccc45)c3)n2)cc1. The number of rotatable bonds is 6. The molecule has 60 heavy (non-hydrogen) atoms. The van der Waals surface area contributed by atoms with Gasteiger partial charge in [0.25, 0.3) is 0 Å². The van der Waals surface area contributed by atoms with Gasteiger partial charge in [-0.15, -0.1) is 11.3 Å². The maximum Gasteiger partial charge on any atom is 0.164 e. The van der Waals surface area contributed by atoms with Crippen LogP contribution in [0.1, 0.15) is 0 Å². The van der Waals surface area contributed by atoms with Crippen LogP contribution in [0.5, 0.6) is 0 Å². The first-order chi connectivity index (χ1) is 29.7. The quantitative estimate of drug-likeness (QED) is 0.168. The molecule has 6 heteroatoms. The molecule has 0 aliphatic rings. The summed E-state index contributed by atoms with van der Waals surface area (Å²) in [7, 11) is 0. The molecular formula is C54H32N4OS. The molecule has 4 heterocycles. The number of thiophene rings is 1. The van der Waals surface area contributed by atoms with Crippen LogP contribution in [-0.2, 0) is 0 Å². The van der Waals surface area contributed by atoms with Crippen LogP contribution in [0.2, 0.25) is 0 Å². The second-order valence-electron chi connectivity index (χ2n) is 15.0. The number of nitrogens with zero attached hydrogens (tertiary/aromatic N) is 4. The van der Waals surface area contributed by atoms with E-state index in [-0.39, 0.29) is 0 Å². The topological polar surface area (TPSA) is 64.7 Å². The van der Waals surface area contributed by atoms with Gasteiger partial charge in [-0.3, -0.25) is 0 Å². The van der Waals surface area contributed by atoms with Crippen LogP contribution in [0.25, 0.3) is 121 Å². The molecule has 0 amide bonds. The fourth-order valence-corrected chi connectivity index (χ4v) is 9.66. The summed E-state index contributed by atoms with van der Waals surface area (Å²) in [6, 6.07) is 67.4. The van der Waals surface area contributed by atoms with E-state index < -0.39 is 0 Å². The Morgan fingerprint density at radius 1 is 0.367 bits per heavy atom. The highest BCUT2D eigenvalue weighted by atomic mass is 32.1. The Morgan fingerprint density at radius 3 is 1.75 bits per heavy atom. The molecule has 0 saturated heterocycles. The van der Waals surface area contributed by atoms with E-state index in [1.165, 1.54) is 25.7 Å². The van der Waals surface area contributed by atoms with Crippen molar-refractivity contribution in [2.75, 3.05) is 0 Å². The van der Waals surface area contributed by atoms with Crippen LogP contribution >= 0.6 is 11.3 Å². The number of para-hydroxylation sites is 1. The van der Waals surface area contributed by atoms with Gasteiger partial charge in [0.2, 0.25) is 0 Å². The first kappa shape index (κ1) is 34.3. The summed E-state index contributed by atoms with van der Waals surface area (Å²) in [6.07, 6.45) is 0. The number of hydrogen-bond donors (Lipinski definition) is 0. The number of aromatic nitrogens is 4. The van der Waals surface area contributed by atoms with Gasteiger partial charge >= 0.3 is 0 Å². The average Bonchev–Trinajstić information content (AvgIpc) is 3.91. The van der Waals surface area contributed by atoms with Crippen LogP contribution in [0, 0.1) is 0 Å². The van der Waals surface area contributed by atoms with Gasteiger partial charge in [0, 0.05) is 58.6 Å². The largest absolute Gasteiger partial charge is 0.454 e. The minimum atomic E-state index is 0.615. The van der Waals surface area contributed by atoms with E-state index in [2.05, 4.69) is 133 Å². The summed E-state index contributed by atoms with van der Waals surface area (Å²) in [4.78, 5) is 20.4. The van der Waals surface area contributed by atoms with Gasteiger partial charge in [-0.2, -0.15) is 0 Å². The zero-order valence-corrected chi connectivity index (χ0v) is 32.9. The third kappa shape index (κ3) is 5.76. The van der Waals surface area contributed by atoms with Crippen molar-refractivity contribution in [3.63, 3.8) is 0 Å². The molecule has 0 saturated carbocycles. The lowest BCUT2D eigenvalue weighted by molar-refractivity contribution is 0.669. The number of fused-ring (bicyclic) bond motifs is 8. The first-order valence-electron chi connectivity index (χ1n) is 20.0. The highest BCUT2D eigenvalue weighted by Gasteiger charge is 2.19. The van der Waals surface area contributed by atoms with Gasteiger partial charge in [-0.25, -0.2) is 19.9 Å². The van der Waals surface area contributed by atoms with E-state index in [0.29, 0.717) is 17.5 Å². The van der Waals surface area contributed by atoms with Crippen LogP contribution in [-0.4, -0.2) is 19.9 Å². The van der Waals surface area contributed by atoms with Crippen LogP contribution in [0.4, 0.5) is 0 Å². The second kappa shape index (κ2) is 13.9. The summed E-state index contributed by atoms with van der Waals surface area (Å²) in [6.45, 7) is 0. The Balaban J connectivity index is 0.947. The Hall–Kier alpha value is -7.80. The summed E-state index contributed by atoms with van der Waals surface area (Å²) >= 11 is 1.84. The van der Waals surface area contributed by atoms with Gasteiger partial charge in [0.05, 0.1) is 5.52 Å². The van der Waals surface area contributed by atoms with Gasteiger partial charge in [0.1, 0.15) is 11.3 Å². The predicted molar refractivity (Wildman–Crippen MR) is 248 cm³/mol. The first-order valence-corrected chi connectivity index (χ1v) is 20.8. The summed E-state index contributed by atoms with van der Waals surface area (Å²) in [5, 5.41) is 5.79. The molecule has 0 atom stereocenters. The molecule has 12 aromatic rings. The fourth-order valence-electron chi connectivity index (χ4n) is 8.42. The van der Waals surface area contributed by atoms with Crippen LogP contribution in [0.3, 0.4) is 0 Å². The Labute approximate surface area is 348 Å². The monoisotopic (exact) mass is 784 g/mol. The van der Waals surface area contributed by atoms with Crippen LogP contribution < -0.4 is 0 Å². The van der Waals surface area contributed by atoms with Crippen molar-refractivity contribution < 1.29 is 4.42 Å². The molecule has 8 aromatic carbocycles. The third-order valence-corrected chi connectivity index (χ3v) is 12.6. The van der Waals surface area contributed by atoms with Crippen molar-refractivity contribution in [3.05, 3.63) is 194 Å². The van der Waals surface area contributed by atoms with Gasteiger partial charge in [-0.05, 0) is 46.5 Å². The van der Waals surface area contributed by atoms with Gasteiger partial charge in [-0.1, -0.05) is 170 Å². The van der Waals surface area contributed by atoms with E-state index in [0.717, 1.165) is 77.5 Å². The van der Waals surface area contributed by atoms with E-state index in [1.807, 2.05) is 72.0 Å². The maximum absolute atomic E-state index is 6.46. The molecule has 0 unspecified atom stereocenters. The van der Waals surface area contributed by atoms with Crippen molar-refractivity contribution in [1.29, 1.82) is 0 Å². The van der Waals surface area contributed by atoms with Crippen molar-refractivity contribution in [1.82, 2.24) is 19.9 Å². The third-order valence-electron chi connectivity index (χ3n) is 11.3. The Morgan fingerprint density at radius 2 is 0.950 bits per heavy atom. The Kier molecular flexibility index (Phi) is 7.96. The molecule has 0 N–H and O–H groups in total. The average molecular weight is 785 g/mol. The lowest BCUT2D eigenvalue weighted by atomic mass is 9.98. The molecule has 0 bridgehead atoms. The van der Waals surface area contributed by atoms with Crippen molar-refractivity contribution >= 4 is 64.4 Å². The van der Waals surface area contributed by atoms with E-state index in [9.17, 15) is 0 Å². The molecule has 0 spiro atoms. The lowest BCUT2D eigenvalue weighted by Crippen LogP contribution is -2.00. The molecule has 0 radical (unpaired) electrons. The van der Waals surface area contributed by atoms with E-state index in [1.54, 1.807) is 0 Å². The summed E-state index contributed by atoms with van der Waals surface area (Å²) < 4.78 is 9.03. The molecule has 0 fully saturated rings. The van der Waals surface area contributed by atoms with E-state index in [4.69, 9.17) is 24.4 Å². The highest BCUT2D eigenvalue weighted by Crippen LogP contribution is 2.42. The summed E-state index contributed by atoms with van der Waals surface area (Å²) in [5.74, 6) is 1.87. The molecule has 4 aromatic heterocycles.